The monoisotopic (exact) mass is 282 g/mol. The Hall–Kier alpha value is -1.58. The SMILES string of the molecule is CCC(=COCC(C)COC=C(CC)CC=O)CC=O. The highest BCUT2D eigenvalue weighted by atomic mass is 16.5. The zero-order chi connectivity index (χ0) is 15.2. The summed E-state index contributed by atoms with van der Waals surface area (Å²) in [6, 6.07) is 0. The first-order valence-electron chi connectivity index (χ1n) is 7.14. The van der Waals surface area contributed by atoms with Crippen molar-refractivity contribution in [3.63, 3.8) is 0 Å². The molecule has 20 heavy (non-hydrogen) atoms. The maximum Gasteiger partial charge on any atom is 0.124 e. The minimum Gasteiger partial charge on any atom is -0.501 e. The number of ether oxygens (including phenoxy) is 2. The van der Waals surface area contributed by atoms with Gasteiger partial charge < -0.3 is 19.1 Å². The van der Waals surface area contributed by atoms with Gasteiger partial charge in [-0.25, -0.2) is 0 Å². The van der Waals surface area contributed by atoms with Crippen molar-refractivity contribution in [2.45, 2.75) is 46.5 Å². The third-order valence-corrected chi connectivity index (χ3v) is 2.86. The van der Waals surface area contributed by atoms with E-state index in [-0.39, 0.29) is 5.92 Å². The van der Waals surface area contributed by atoms with Crippen molar-refractivity contribution in [1.82, 2.24) is 0 Å². The van der Waals surface area contributed by atoms with Crippen molar-refractivity contribution in [2.24, 2.45) is 5.92 Å². The lowest BCUT2D eigenvalue weighted by Gasteiger charge is -2.12. The van der Waals surface area contributed by atoms with Crippen molar-refractivity contribution in [2.75, 3.05) is 13.2 Å². The molecule has 0 aliphatic heterocycles. The standard InChI is InChI=1S/C16H26O4/c1-4-15(6-8-17)12-19-10-14(3)11-20-13-16(5-2)7-9-18/h8-9,12-14H,4-7,10-11H2,1-3H3. The number of aldehydes is 2. The molecular formula is C16H26O4. The van der Waals surface area contributed by atoms with Crippen LogP contribution in [0.3, 0.4) is 0 Å². The number of carbonyl (C=O) groups excluding carboxylic acids is 2. The molecule has 114 valence electrons. The molecule has 0 atom stereocenters. The molecule has 0 spiro atoms. The zero-order valence-electron chi connectivity index (χ0n) is 12.8. The summed E-state index contributed by atoms with van der Waals surface area (Å²) in [5, 5.41) is 0. The summed E-state index contributed by atoms with van der Waals surface area (Å²) in [6.07, 6.45) is 7.60. The highest BCUT2D eigenvalue weighted by molar-refractivity contribution is 5.54. The van der Waals surface area contributed by atoms with E-state index < -0.39 is 0 Å². The van der Waals surface area contributed by atoms with Crippen molar-refractivity contribution in [3.8, 4) is 0 Å². The molecular weight excluding hydrogens is 256 g/mol. The van der Waals surface area contributed by atoms with Gasteiger partial charge in [0.15, 0.2) is 0 Å². The topological polar surface area (TPSA) is 52.6 Å². The van der Waals surface area contributed by atoms with Gasteiger partial charge in [0.1, 0.15) is 12.6 Å². The largest absolute Gasteiger partial charge is 0.501 e. The van der Waals surface area contributed by atoms with Crippen LogP contribution >= 0.6 is 0 Å². The first-order valence-corrected chi connectivity index (χ1v) is 7.14. The summed E-state index contributed by atoms with van der Waals surface area (Å²) in [7, 11) is 0. The quantitative estimate of drug-likeness (QED) is 0.406. The molecule has 4 heteroatoms. The van der Waals surface area contributed by atoms with Gasteiger partial charge in [0.25, 0.3) is 0 Å². The van der Waals surface area contributed by atoms with Crippen LogP contribution in [0.5, 0.6) is 0 Å². The number of carbonyl (C=O) groups is 2. The minimum atomic E-state index is 0.242. The van der Waals surface area contributed by atoms with Gasteiger partial charge in [0.2, 0.25) is 0 Å². The van der Waals surface area contributed by atoms with E-state index in [1.54, 1.807) is 12.5 Å². The Kier molecular flexibility index (Phi) is 11.5. The number of allylic oxidation sites excluding steroid dienone is 2. The van der Waals surface area contributed by atoms with Crippen LogP contribution in [0.2, 0.25) is 0 Å². The van der Waals surface area contributed by atoms with Crippen molar-refractivity contribution in [1.29, 1.82) is 0 Å². The molecule has 0 aromatic heterocycles. The zero-order valence-corrected chi connectivity index (χ0v) is 12.8. The van der Waals surface area contributed by atoms with Crippen molar-refractivity contribution >= 4 is 12.6 Å². The summed E-state index contributed by atoms with van der Waals surface area (Å²) < 4.78 is 10.9. The molecule has 0 fully saturated rings. The minimum absolute atomic E-state index is 0.242. The summed E-state index contributed by atoms with van der Waals surface area (Å²) in [4.78, 5) is 20.8. The lowest BCUT2D eigenvalue weighted by molar-refractivity contribution is -0.108. The highest BCUT2D eigenvalue weighted by Gasteiger charge is 2.03. The second-order valence-electron chi connectivity index (χ2n) is 4.77. The maximum absolute atomic E-state index is 10.4. The number of hydrogen-bond acceptors (Lipinski definition) is 4. The van der Waals surface area contributed by atoms with Gasteiger partial charge in [-0.3, -0.25) is 0 Å². The fourth-order valence-electron chi connectivity index (χ4n) is 1.47. The fraction of sp³-hybridized carbons (Fsp3) is 0.625. The molecule has 0 radical (unpaired) electrons. The Morgan fingerprint density at radius 3 is 1.60 bits per heavy atom. The predicted octanol–water partition coefficient (Wildman–Crippen LogP) is 3.42. The van der Waals surface area contributed by atoms with E-state index in [9.17, 15) is 9.59 Å². The molecule has 4 nitrogen and oxygen atoms in total. The lowest BCUT2D eigenvalue weighted by Crippen LogP contribution is -2.10. The van der Waals surface area contributed by atoms with Crippen LogP contribution < -0.4 is 0 Å². The maximum atomic E-state index is 10.4. The van der Waals surface area contributed by atoms with Crippen LogP contribution in [0.15, 0.2) is 23.7 Å². The van der Waals surface area contributed by atoms with Crippen LogP contribution in [0.1, 0.15) is 46.5 Å². The third-order valence-electron chi connectivity index (χ3n) is 2.86. The third kappa shape index (κ3) is 9.36. The lowest BCUT2D eigenvalue weighted by atomic mass is 10.2. The molecule has 0 amide bonds. The van der Waals surface area contributed by atoms with E-state index in [0.717, 1.165) is 36.6 Å². The number of rotatable bonds is 12. The second kappa shape index (κ2) is 12.5. The van der Waals surface area contributed by atoms with E-state index in [4.69, 9.17) is 9.47 Å². The van der Waals surface area contributed by atoms with Crippen molar-refractivity contribution in [3.05, 3.63) is 23.7 Å². The fourth-order valence-corrected chi connectivity index (χ4v) is 1.47. The van der Waals surface area contributed by atoms with Crippen LogP contribution in [-0.2, 0) is 19.1 Å². The average molecular weight is 282 g/mol. The van der Waals surface area contributed by atoms with Crippen LogP contribution in [0.4, 0.5) is 0 Å². The Labute approximate surface area is 121 Å². The molecule has 0 aliphatic rings. The van der Waals surface area contributed by atoms with Gasteiger partial charge in [0.05, 0.1) is 25.7 Å². The Morgan fingerprint density at radius 1 is 0.900 bits per heavy atom. The van der Waals surface area contributed by atoms with Gasteiger partial charge >= 0.3 is 0 Å². The highest BCUT2D eigenvalue weighted by Crippen LogP contribution is 2.08. The molecule has 0 heterocycles. The van der Waals surface area contributed by atoms with Gasteiger partial charge in [-0.1, -0.05) is 20.8 Å². The molecule has 0 rings (SSSR count). The molecule has 0 bridgehead atoms. The summed E-state index contributed by atoms with van der Waals surface area (Å²) in [5.74, 6) is 0.242. The van der Waals surface area contributed by atoms with Crippen LogP contribution in [0, 0.1) is 5.92 Å². The Bertz CT molecular complexity index is 299. The van der Waals surface area contributed by atoms with Gasteiger partial charge in [-0.05, 0) is 24.0 Å². The number of hydrogen-bond donors (Lipinski definition) is 0. The van der Waals surface area contributed by atoms with Crippen LogP contribution in [0.25, 0.3) is 0 Å². The summed E-state index contributed by atoms with van der Waals surface area (Å²) >= 11 is 0. The molecule has 0 saturated heterocycles. The van der Waals surface area contributed by atoms with Gasteiger partial charge in [-0.15, -0.1) is 0 Å². The average Bonchev–Trinajstić information content (AvgIpc) is 2.45. The van der Waals surface area contributed by atoms with Gasteiger partial charge in [0, 0.05) is 18.8 Å². The van der Waals surface area contributed by atoms with E-state index in [2.05, 4.69) is 0 Å². The molecule has 0 aliphatic carbocycles. The molecule has 0 aromatic rings. The predicted molar refractivity (Wildman–Crippen MR) is 79.2 cm³/mol. The first-order chi connectivity index (χ1) is 9.67. The summed E-state index contributed by atoms with van der Waals surface area (Å²) in [5.41, 5.74) is 1.99. The van der Waals surface area contributed by atoms with Crippen LogP contribution in [-0.4, -0.2) is 25.8 Å². The van der Waals surface area contributed by atoms with E-state index in [1.165, 1.54) is 0 Å². The molecule has 0 aromatic carbocycles. The smallest absolute Gasteiger partial charge is 0.124 e. The second-order valence-corrected chi connectivity index (χ2v) is 4.77. The molecule has 0 saturated carbocycles. The molecule has 0 unspecified atom stereocenters. The Balaban J connectivity index is 3.96. The normalized spacial score (nSPS) is 13.8. The van der Waals surface area contributed by atoms with E-state index in [1.807, 2.05) is 20.8 Å². The Morgan fingerprint density at radius 2 is 1.30 bits per heavy atom. The van der Waals surface area contributed by atoms with Gasteiger partial charge in [-0.2, -0.15) is 0 Å². The first kappa shape index (κ1) is 18.4. The van der Waals surface area contributed by atoms with Crippen molar-refractivity contribution < 1.29 is 19.1 Å². The van der Waals surface area contributed by atoms with E-state index in [0.29, 0.717) is 26.1 Å². The van der Waals surface area contributed by atoms with E-state index >= 15 is 0 Å². The molecule has 0 N–H and O–H groups in total. The summed E-state index contributed by atoms with van der Waals surface area (Å²) in [6.45, 7) is 7.11.